The van der Waals surface area contributed by atoms with Gasteiger partial charge >= 0.3 is 0 Å². The largest absolute Gasteiger partial charge is 0.349 e. The van der Waals surface area contributed by atoms with Gasteiger partial charge in [0.05, 0.1) is 11.2 Å². The van der Waals surface area contributed by atoms with Gasteiger partial charge in [0.1, 0.15) is 5.00 Å². The first-order valence-corrected chi connectivity index (χ1v) is 12.8. The van der Waals surface area contributed by atoms with Crippen molar-refractivity contribution < 1.29 is 0 Å². The van der Waals surface area contributed by atoms with E-state index in [0.717, 1.165) is 53.0 Å². The zero-order valence-corrected chi connectivity index (χ0v) is 21.3. The van der Waals surface area contributed by atoms with Crippen LogP contribution in [0.2, 0.25) is 5.02 Å². The minimum absolute atomic E-state index is 0.0251. The van der Waals surface area contributed by atoms with E-state index >= 15 is 0 Å². The molecule has 1 fully saturated rings. The molecule has 2 aromatic carbocycles. The van der Waals surface area contributed by atoms with E-state index in [9.17, 15) is 0 Å². The fourth-order valence-electron chi connectivity index (χ4n) is 4.52. The Labute approximate surface area is 206 Å². The summed E-state index contributed by atoms with van der Waals surface area (Å²) in [5, 5.41) is 6.69. The molecule has 1 unspecified atom stereocenters. The number of aromatic nitrogens is 1. The molecule has 3 aromatic rings. The second kappa shape index (κ2) is 10.1. The van der Waals surface area contributed by atoms with Crippen LogP contribution in [0.4, 0.5) is 10.7 Å². The maximum atomic E-state index is 5.99. The van der Waals surface area contributed by atoms with E-state index in [0.29, 0.717) is 0 Å². The Hall–Kier alpha value is -2.56. The van der Waals surface area contributed by atoms with Crippen molar-refractivity contribution in [2.45, 2.75) is 46.5 Å². The van der Waals surface area contributed by atoms with Crippen molar-refractivity contribution in [3.63, 3.8) is 0 Å². The molecule has 0 radical (unpaired) electrons. The van der Waals surface area contributed by atoms with Gasteiger partial charge in [0, 0.05) is 40.5 Å². The first-order chi connectivity index (χ1) is 15.9. The third-order valence-electron chi connectivity index (χ3n) is 6.43. The van der Waals surface area contributed by atoms with Gasteiger partial charge in [-0.3, -0.25) is 0 Å². The number of anilines is 2. The smallest absolute Gasteiger partial charge is 0.113 e. The second-order valence-corrected chi connectivity index (χ2v) is 10.5. The average Bonchev–Trinajstić information content (AvgIpc) is 3.40. The summed E-state index contributed by atoms with van der Waals surface area (Å²) in [6, 6.07) is 16.9. The van der Waals surface area contributed by atoms with Gasteiger partial charge in [-0.2, -0.15) is 0 Å². The Balaban J connectivity index is 1.41. The molecule has 33 heavy (non-hydrogen) atoms. The van der Waals surface area contributed by atoms with E-state index in [1.54, 1.807) is 11.3 Å². The molecule has 4 rings (SSSR count). The van der Waals surface area contributed by atoms with E-state index in [1.165, 1.54) is 22.5 Å². The lowest BCUT2D eigenvalue weighted by molar-refractivity contribution is 0.460. The number of halogens is 1. The number of thiazole rings is 1. The van der Waals surface area contributed by atoms with Gasteiger partial charge in [-0.15, -0.1) is 11.3 Å². The number of aryl methyl sites for hydroxylation is 3. The number of nitrogens with zero attached hydrogens (tertiary/aromatic N) is 2. The summed E-state index contributed by atoms with van der Waals surface area (Å²) in [5.41, 5.74) is 6.23. The molecular weight excluding hydrogens is 446 g/mol. The van der Waals surface area contributed by atoms with Crippen molar-refractivity contribution in [2.24, 2.45) is 5.41 Å². The third-order valence-corrected chi connectivity index (χ3v) is 7.65. The van der Waals surface area contributed by atoms with Crippen LogP contribution >= 0.6 is 22.9 Å². The highest BCUT2D eigenvalue weighted by Crippen LogP contribution is 2.44. The standard InChI is InChI=1S/C28H32ClN3S/c1-5-21-9-14-24(15-10-21)32-19-28(4,17-20(32)3)25(6-2)31-27-18-30-26(33-27)16-11-22-7-12-23(29)13-8-22/h6-10,12-15,18,31H,3,5,11,16-17,19H2,1-2,4H3/b25-6-. The molecule has 1 saturated heterocycles. The van der Waals surface area contributed by atoms with E-state index in [-0.39, 0.29) is 5.41 Å². The van der Waals surface area contributed by atoms with Crippen LogP contribution < -0.4 is 10.2 Å². The van der Waals surface area contributed by atoms with Gasteiger partial charge in [-0.25, -0.2) is 4.98 Å². The van der Waals surface area contributed by atoms with Crippen LogP contribution in [-0.4, -0.2) is 11.5 Å². The Morgan fingerprint density at radius 1 is 1.15 bits per heavy atom. The van der Waals surface area contributed by atoms with Gasteiger partial charge in [-0.05, 0) is 61.6 Å². The molecule has 1 aliphatic rings. The Morgan fingerprint density at radius 3 is 2.52 bits per heavy atom. The summed E-state index contributed by atoms with van der Waals surface area (Å²) in [6.45, 7) is 11.9. The maximum Gasteiger partial charge on any atom is 0.113 e. The highest BCUT2D eigenvalue weighted by atomic mass is 35.5. The maximum absolute atomic E-state index is 5.99. The van der Waals surface area contributed by atoms with Crippen molar-refractivity contribution in [3.8, 4) is 0 Å². The molecule has 3 nitrogen and oxygen atoms in total. The number of rotatable bonds is 8. The number of nitrogens with one attached hydrogen (secondary N) is 1. The normalized spacial score (nSPS) is 18.7. The molecular formula is C28H32ClN3S. The van der Waals surface area contributed by atoms with E-state index in [1.807, 2.05) is 18.3 Å². The second-order valence-electron chi connectivity index (χ2n) is 8.98. The Morgan fingerprint density at radius 2 is 1.85 bits per heavy atom. The topological polar surface area (TPSA) is 28.2 Å². The minimum Gasteiger partial charge on any atom is -0.349 e. The first kappa shape index (κ1) is 23.6. The summed E-state index contributed by atoms with van der Waals surface area (Å²) >= 11 is 7.73. The number of allylic oxidation sites excluding steroid dienone is 2. The highest BCUT2D eigenvalue weighted by Gasteiger charge is 2.39. The molecule has 0 spiro atoms. The first-order valence-electron chi connectivity index (χ1n) is 11.6. The van der Waals surface area contributed by atoms with Crippen LogP contribution in [0.15, 0.2) is 78.8 Å². The summed E-state index contributed by atoms with van der Waals surface area (Å²) in [6.07, 6.45) is 8.03. The third kappa shape index (κ3) is 5.51. The van der Waals surface area contributed by atoms with Crippen molar-refractivity contribution in [3.05, 3.63) is 99.9 Å². The average molecular weight is 478 g/mol. The molecule has 2 heterocycles. The van der Waals surface area contributed by atoms with Crippen molar-refractivity contribution in [1.29, 1.82) is 0 Å². The monoisotopic (exact) mass is 477 g/mol. The fourth-order valence-corrected chi connectivity index (χ4v) is 5.47. The lowest BCUT2D eigenvalue weighted by Gasteiger charge is -2.28. The fraction of sp³-hybridized carbons (Fsp3) is 0.321. The molecule has 0 bridgehead atoms. The van der Waals surface area contributed by atoms with Crippen LogP contribution in [0.5, 0.6) is 0 Å². The zero-order valence-electron chi connectivity index (χ0n) is 19.7. The van der Waals surface area contributed by atoms with E-state index in [4.69, 9.17) is 11.6 Å². The zero-order chi connectivity index (χ0) is 23.4. The minimum atomic E-state index is -0.0251. The molecule has 1 N–H and O–H groups in total. The molecule has 1 aromatic heterocycles. The van der Waals surface area contributed by atoms with E-state index in [2.05, 4.69) is 85.0 Å². The number of hydrogen-bond donors (Lipinski definition) is 1. The summed E-state index contributed by atoms with van der Waals surface area (Å²) in [5.74, 6) is 0. The van der Waals surface area contributed by atoms with Gasteiger partial charge < -0.3 is 10.2 Å². The predicted molar refractivity (Wildman–Crippen MR) is 143 cm³/mol. The van der Waals surface area contributed by atoms with Crippen LogP contribution in [0.25, 0.3) is 0 Å². The quantitative estimate of drug-likeness (QED) is 0.357. The van der Waals surface area contributed by atoms with Crippen molar-refractivity contribution in [1.82, 2.24) is 4.98 Å². The summed E-state index contributed by atoms with van der Waals surface area (Å²) < 4.78 is 0. The number of benzene rings is 2. The molecule has 0 aliphatic carbocycles. The van der Waals surface area contributed by atoms with Crippen LogP contribution in [-0.2, 0) is 19.3 Å². The molecule has 0 amide bonds. The van der Waals surface area contributed by atoms with Gasteiger partial charge in [0.2, 0.25) is 0 Å². The van der Waals surface area contributed by atoms with Crippen molar-refractivity contribution in [2.75, 3.05) is 16.8 Å². The van der Waals surface area contributed by atoms with Gasteiger partial charge in [-0.1, -0.05) is 62.4 Å². The lowest BCUT2D eigenvalue weighted by Crippen LogP contribution is -2.29. The highest BCUT2D eigenvalue weighted by molar-refractivity contribution is 7.15. The van der Waals surface area contributed by atoms with Crippen LogP contribution in [0, 0.1) is 5.41 Å². The van der Waals surface area contributed by atoms with Crippen LogP contribution in [0.1, 0.15) is 43.3 Å². The molecule has 5 heteroatoms. The van der Waals surface area contributed by atoms with Crippen molar-refractivity contribution >= 4 is 33.6 Å². The van der Waals surface area contributed by atoms with Crippen LogP contribution in [0.3, 0.4) is 0 Å². The van der Waals surface area contributed by atoms with Gasteiger partial charge in [0.15, 0.2) is 0 Å². The summed E-state index contributed by atoms with van der Waals surface area (Å²) in [4.78, 5) is 7.01. The SMILES string of the molecule is C=C1CC(C)(/C(=C/C)Nc2cnc(CCc3ccc(Cl)cc3)s2)CN1c1ccc(CC)cc1. The molecule has 1 atom stereocenters. The Kier molecular flexibility index (Phi) is 7.26. The van der Waals surface area contributed by atoms with E-state index < -0.39 is 0 Å². The lowest BCUT2D eigenvalue weighted by atomic mass is 9.85. The molecule has 172 valence electrons. The summed E-state index contributed by atoms with van der Waals surface area (Å²) in [7, 11) is 0. The number of hydrogen-bond acceptors (Lipinski definition) is 4. The molecule has 1 aliphatic heterocycles. The Bertz CT molecular complexity index is 1130. The molecule has 0 saturated carbocycles. The predicted octanol–water partition coefficient (Wildman–Crippen LogP) is 7.89. The van der Waals surface area contributed by atoms with Gasteiger partial charge in [0.25, 0.3) is 0 Å².